The molecule has 1 aliphatic heterocycles. The molecule has 180 valence electrons. The van der Waals surface area contributed by atoms with Crippen molar-refractivity contribution in [1.29, 1.82) is 0 Å². The van der Waals surface area contributed by atoms with Crippen molar-refractivity contribution in [2.24, 2.45) is 0 Å². The number of esters is 1. The fraction of sp³-hybridized carbons (Fsp3) is 0.682. The largest absolute Gasteiger partial charge is 0.494 e. The predicted octanol–water partition coefficient (Wildman–Crippen LogP) is 4.25. The van der Waals surface area contributed by atoms with Gasteiger partial charge in [-0.1, -0.05) is 24.3 Å². The molecule has 10 heteroatoms. The molecule has 0 unspecified atom stereocenters. The van der Waals surface area contributed by atoms with Crippen LogP contribution in [0.15, 0.2) is 24.3 Å². The first-order valence-corrected chi connectivity index (χ1v) is 10.6. The molecule has 5 nitrogen and oxygen atoms in total. The standard InChI is InChI=1S/C22H32BF4NO4/c1-8-30-18(29)16(13-19(2,3)24)28-17(22(25,26)27)14-9-11-15(12-10-14)23-31-20(4,5)21(6,7)32-23/h9-12,16-17,28H,8,13H2,1-7H3/t16-,17-/m0/s1. The molecule has 0 saturated carbocycles. The third-order valence-electron chi connectivity index (χ3n) is 5.75. The molecule has 1 fully saturated rings. The Morgan fingerprint density at radius 2 is 1.56 bits per heavy atom. The fourth-order valence-electron chi connectivity index (χ4n) is 3.34. The average Bonchev–Trinajstić information content (AvgIpc) is 2.84. The molecule has 0 spiro atoms. The molecule has 0 radical (unpaired) electrons. The molecule has 1 saturated heterocycles. The first-order chi connectivity index (χ1) is 14.5. The van der Waals surface area contributed by atoms with Gasteiger partial charge in [-0.25, -0.2) is 4.39 Å². The molecule has 1 N–H and O–H groups in total. The second-order valence-electron chi connectivity index (χ2n) is 9.62. The number of hydrogen-bond donors (Lipinski definition) is 1. The first-order valence-electron chi connectivity index (χ1n) is 10.6. The highest BCUT2D eigenvalue weighted by Gasteiger charge is 2.52. The van der Waals surface area contributed by atoms with E-state index in [1.54, 1.807) is 0 Å². The van der Waals surface area contributed by atoms with Crippen LogP contribution in [0.3, 0.4) is 0 Å². The van der Waals surface area contributed by atoms with Gasteiger partial charge in [0, 0.05) is 6.42 Å². The summed E-state index contributed by atoms with van der Waals surface area (Å²) in [6, 6.07) is 1.94. The third kappa shape index (κ3) is 6.45. The Morgan fingerprint density at radius 1 is 1.06 bits per heavy atom. The maximum absolute atomic E-state index is 14.2. The first kappa shape index (κ1) is 26.6. The van der Waals surface area contributed by atoms with Crippen LogP contribution in [0.25, 0.3) is 0 Å². The number of rotatable bonds is 8. The van der Waals surface area contributed by atoms with Crippen molar-refractivity contribution in [3.05, 3.63) is 29.8 Å². The van der Waals surface area contributed by atoms with Crippen LogP contribution in [-0.2, 0) is 18.8 Å². The number of carbonyl (C=O) groups excluding carboxylic acids is 1. The monoisotopic (exact) mass is 461 g/mol. The lowest BCUT2D eigenvalue weighted by Gasteiger charge is -2.32. The summed E-state index contributed by atoms with van der Waals surface area (Å²) < 4.78 is 72.6. The Kier molecular flexibility index (Phi) is 7.74. The summed E-state index contributed by atoms with van der Waals surface area (Å²) >= 11 is 0. The van der Waals surface area contributed by atoms with Crippen LogP contribution in [0, 0.1) is 0 Å². The van der Waals surface area contributed by atoms with Crippen molar-refractivity contribution in [3.63, 3.8) is 0 Å². The number of carbonyl (C=O) groups is 1. The zero-order valence-electron chi connectivity index (χ0n) is 19.6. The maximum atomic E-state index is 14.2. The van der Waals surface area contributed by atoms with Gasteiger partial charge in [0.15, 0.2) is 0 Å². The molecule has 2 rings (SSSR count). The van der Waals surface area contributed by atoms with Crippen molar-refractivity contribution in [2.45, 2.75) is 90.0 Å². The summed E-state index contributed by atoms with van der Waals surface area (Å²) in [6.07, 6.45) is -5.19. The normalized spacial score (nSPS) is 20.2. The molecule has 0 amide bonds. The van der Waals surface area contributed by atoms with E-state index in [0.717, 1.165) is 0 Å². The minimum absolute atomic E-state index is 0.0246. The Morgan fingerprint density at radius 3 is 1.97 bits per heavy atom. The minimum Gasteiger partial charge on any atom is -0.465 e. The van der Waals surface area contributed by atoms with E-state index in [9.17, 15) is 22.4 Å². The van der Waals surface area contributed by atoms with Crippen molar-refractivity contribution in [2.75, 3.05) is 6.61 Å². The second kappa shape index (κ2) is 9.31. The SMILES string of the molecule is CCOC(=O)[C@H](CC(C)(C)F)N[C@@H](c1ccc(B2OC(C)(C)C(C)(C)O2)cc1)C(F)(F)F. The van der Waals surface area contributed by atoms with E-state index in [1.165, 1.54) is 45.0 Å². The van der Waals surface area contributed by atoms with Crippen molar-refractivity contribution >= 4 is 18.6 Å². The van der Waals surface area contributed by atoms with Crippen LogP contribution in [0.1, 0.15) is 66.5 Å². The van der Waals surface area contributed by atoms with Gasteiger partial charge in [0.2, 0.25) is 0 Å². The van der Waals surface area contributed by atoms with Gasteiger partial charge in [-0.2, -0.15) is 13.2 Å². The summed E-state index contributed by atoms with van der Waals surface area (Å²) in [7, 11) is -0.717. The zero-order chi connectivity index (χ0) is 24.5. The topological polar surface area (TPSA) is 56.8 Å². The van der Waals surface area contributed by atoms with Gasteiger partial charge in [-0.05, 0) is 59.5 Å². The molecule has 1 aliphatic rings. The number of nitrogens with one attached hydrogen (secondary N) is 1. The highest BCUT2D eigenvalue weighted by atomic mass is 19.4. The number of alkyl halides is 4. The average molecular weight is 461 g/mol. The Bertz CT molecular complexity index is 775. The van der Waals surface area contributed by atoms with Gasteiger partial charge in [0.05, 0.1) is 17.8 Å². The molecule has 2 atom stereocenters. The molecule has 32 heavy (non-hydrogen) atoms. The van der Waals surface area contributed by atoms with Crippen LogP contribution in [0.4, 0.5) is 17.6 Å². The summed E-state index contributed by atoms with van der Waals surface area (Å²) in [5, 5.41) is 2.26. The van der Waals surface area contributed by atoms with Crippen LogP contribution in [0.2, 0.25) is 0 Å². The highest BCUT2D eigenvalue weighted by Crippen LogP contribution is 2.37. The summed E-state index contributed by atoms with van der Waals surface area (Å²) in [4.78, 5) is 12.2. The minimum atomic E-state index is -4.73. The number of benzene rings is 1. The molecule has 0 aromatic heterocycles. The Labute approximate surface area is 187 Å². The van der Waals surface area contributed by atoms with Crippen LogP contribution in [-0.4, -0.2) is 48.8 Å². The summed E-state index contributed by atoms with van der Waals surface area (Å²) in [5.41, 5.74) is -2.60. The molecule has 1 aromatic carbocycles. The van der Waals surface area contributed by atoms with Gasteiger partial charge in [0.1, 0.15) is 17.8 Å². The van der Waals surface area contributed by atoms with Crippen LogP contribution >= 0.6 is 0 Å². The van der Waals surface area contributed by atoms with Gasteiger partial charge in [-0.15, -0.1) is 0 Å². The molecule has 0 bridgehead atoms. The Hall–Kier alpha value is -1.65. The maximum Gasteiger partial charge on any atom is 0.494 e. The number of ether oxygens (including phenoxy) is 1. The van der Waals surface area contributed by atoms with Gasteiger partial charge >= 0.3 is 19.3 Å². The fourth-order valence-corrected chi connectivity index (χ4v) is 3.34. The summed E-state index contributed by atoms with van der Waals surface area (Å²) in [6.45, 7) is 11.4. The Balaban J connectivity index is 2.28. The number of hydrogen-bond acceptors (Lipinski definition) is 5. The lowest BCUT2D eigenvalue weighted by atomic mass is 9.78. The van der Waals surface area contributed by atoms with Crippen LogP contribution in [0.5, 0.6) is 0 Å². The molecule has 1 heterocycles. The summed E-state index contributed by atoms with van der Waals surface area (Å²) in [5.74, 6) is -0.929. The highest BCUT2D eigenvalue weighted by molar-refractivity contribution is 6.62. The third-order valence-corrected chi connectivity index (χ3v) is 5.75. The van der Waals surface area contributed by atoms with E-state index in [4.69, 9.17) is 14.0 Å². The van der Waals surface area contributed by atoms with E-state index >= 15 is 0 Å². The van der Waals surface area contributed by atoms with E-state index in [-0.39, 0.29) is 12.2 Å². The lowest BCUT2D eigenvalue weighted by Crippen LogP contribution is -2.47. The molecular formula is C22H32BF4NO4. The van der Waals surface area contributed by atoms with Gasteiger partial charge in [-0.3, -0.25) is 10.1 Å². The lowest BCUT2D eigenvalue weighted by molar-refractivity contribution is -0.165. The molecule has 1 aromatic rings. The zero-order valence-corrected chi connectivity index (χ0v) is 19.6. The van der Waals surface area contributed by atoms with Crippen molar-refractivity contribution in [1.82, 2.24) is 5.32 Å². The van der Waals surface area contributed by atoms with E-state index in [1.807, 2.05) is 27.7 Å². The smallest absolute Gasteiger partial charge is 0.465 e. The van der Waals surface area contributed by atoms with Gasteiger partial charge < -0.3 is 14.0 Å². The van der Waals surface area contributed by atoms with E-state index in [2.05, 4.69) is 5.32 Å². The number of halogens is 4. The van der Waals surface area contributed by atoms with Crippen LogP contribution < -0.4 is 10.8 Å². The van der Waals surface area contributed by atoms with Crippen molar-refractivity contribution < 1.29 is 36.4 Å². The molecule has 0 aliphatic carbocycles. The quantitative estimate of drug-likeness (QED) is 0.357. The molecular weight excluding hydrogens is 429 g/mol. The second-order valence-corrected chi connectivity index (χ2v) is 9.62. The predicted molar refractivity (Wildman–Crippen MR) is 114 cm³/mol. The van der Waals surface area contributed by atoms with E-state index in [0.29, 0.717) is 5.46 Å². The van der Waals surface area contributed by atoms with Gasteiger partial charge in [0.25, 0.3) is 0 Å². The van der Waals surface area contributed by atoms with Crippen molar-refractivity contribution in [3.8, 4) is 0 Å². The van der Waals surface area contributed by atoms with E-state index < -0.39 is 54.6 Å².